The molecule has 2 aliphatic heterocycles. The normalized spacial score (nSPS) is 25.4. The molecule has 2 atom stereocenters. The molecule has 2 aliphatic rings. The van der Waals surface area contributed by atoms with E-state index in [1.807, 2.05) is 12.4 Å². The highest BCUT2D eigenvalue weighted by Crippen LogP contribution is 2.33. The maximum Gasteiger partial charge on any atom is 0.113 e. The third-order valence-corrected chi connectivity index (χ3v) is 3.37. The van der Waals surface area contributed by atoms with Crippen LogP contribution in [0.2, 0.25) is 0 Å². The summed E-state index contributed by atoms with van der Waals surface area (Å²) in [5, 5.41) is 3.21. The minimum atomic E-state index is 0.376. The van der Waals surface area contributed by atoms with Gasteiger partial charge in [-0.2, -0.15) is 0 Å². The molecule has 0 bridgehead atoms. The molecule has 3 rings (SSSR count). The molecule has 0 amide bonds. The smallest absolute Gasteiger partial charge is 0.113 e. The monoisotopic (exact) mass is 224 g/mol. The molecule has 0 aromatic heterocycles. The molecule has 1 N–H and O–H groups in total. The van der Waals surface area contributed by atoms with Crippen molar-refractivity contribution in [2.75, 3.05) is 0 Å². The van der Waals surface area contributed by atoms with Crippen molar-refractivity contribution in [2.45, 2.75) is 19.8 Å². The lowest BCUT2D eigenvalue weighted by Gasteiger charge is -2.23. The summed E-state index contributed by atoms with van der Waals surface area (Å²) < 4.78 is 0. The minimum absolute atomic E-state index is 0.376. The van der Waals surface area contributed by atoms with E-state index in [4.69, 9.17) is 0 Å². The van der Waals surface area contributed by atoms with E-state index in [2.05, 4.69) is 54.5 Å². The van der Waals surface area contributed by atoms with Crippen LogP contribution in [0.3, 0.4) is 0 Å². The summed E-state index contributed by atoms with van der Waals surface area (Å²) in [5.41, 5.74) is 4.03. The fourth-order valence-electron chi connectivity index (χ4n) is 2.69. The molecule has 0 fully saturated rings. The molecule has 0 spiro atoms. The molecule has 2 nitrogen and oxygen atoms in total. The second-order valence-corrected chi connectivity index (χ2v) is 4.83. The van der Waals surface area contributed by atoms with Crippen molar-refractivity contribution >= 4 is 5.84 Å². The van der Waals surface area contributed by atoms with Crippen LogP contribution in [0, 0.1) is 19.8 Å². The second kappa shape index (κ2) is 3.88. The van der Waals surface area contributed by atoms with Gasteiger partial charge in [-0.15, -0.1) is 0 Å². The van der Waals surface area contributed by atoms with Crippen LogP contribution in [0.1, 0.15) is 22.6 Å². The van der Waals surface area contributed by atoms with E-state index >= 15 is 0 Å². The van der Waals surface area contributed by atoms with Gasteiger partial charge in [-0.25, -0.2) is 4.99 Å². The van der Waals surface area contributed by atoms with E-state index in [0.29, 0.717) is 11.8 Å². The van der Waals surface area contributed by atoms with Crippen molar-refractivity contribution in [1.29, 1.82) is 0 Å². The Morgan fingerprint density at radius 2 is 1.76 bits per heavy atom. The van der Waals surface area contributed by atoms with Gasteiger partial charge in [-0.05, 0) is 25.6 Å². The van der Waals surface area contributed by atoms with Crippen LogP contribution in [0.15, 0.2) is 47.7 Å². The first-order valence-corrected chi connectivity index (χ1v) is 6.00. The third kappa shape index (κ3) is 1.80. The van der Waals surface area contributed by atoms with E-state index < -0.39 is 0 Å². The Balaban J connectivity index is 2.01. The Labute approximate surface area is 102 Å². The SMILES string of the molecule is Cc1cc(C)cc(C2C=CN=C3NC=CC32)c1. The predicted octanol–water partition coefficient (Wildman–Crippen LogP) is 3.05. The zero-order chi connectivity index (χ0) is 11.8. The number of aliphatic imine (C=N–C) groups is 1. The lowest BCUT2D eigenvalue weighted by Crippen LogP contribution is -2.25. The molecule has 1 aromatic carbocycles. The highest BCUT2D eigenvalue weighted by atomic mass is 15.0. The van der Waals surface area contributed by atoms with E-state index in [1.165, 1.54) is 16.7 Å². The largest absolute Gasteiger partial charge is 0.350 e. The fourth-order valence-corrected chi connectivity index (χ4v) is 2.69. The number of amidine groups is 1. The third-order valence-electron chi connectivity index (χ3n) is 3.37. The van der Waals surface area contributed by atoms with E-state index in [1.54, 1.807) is 0 Å². The summed E-state index contributed by atoms with van der Waals surface area (Å²) in [6, 6.07) is 6.77. The van der Waals surface area contributed by atoms with E-state index in [-0.39, 0.29) is 0 Å². The number of aryl methyl sites for hydroxylation is 2. The molecule has 2 heterocycles. The Bertz CT molecular complexity index is 518. The summed E-state index contributed by atoms with van der Waals surface area (Å²) in [4.78, 5) is 4.37. The standard InChI is InChI=1S/C15H16N2/c1-10-7-11(2)9-12(8-10)13-3-5-16-15-14(13)4-6-17-15/h3-9,13-14H,1-2H3,(H,16,17). The van der Waals surface area contributed by atoms with Gasteiger partial charge in [0.15, 0.2) is 0 Å². The van der Waals surface area contributed by atoms with Crippen molar-refractivity contribution in [1.82, 2.24) is 5.32 Å². The van der Waals surface area contributed by atoms with Gasteiger partial charge in [0.25, 0.3) is 0 Å². The average Bonchev–Trinajstić information content (AvgIpc) is 2.75. The van der Waals surface area contributed by atoms with Crippen LogP contribution < -0.4 is 5.32 Å². The first kappa shape index (κ1) is 10.3. The van der Waals surface area contributed by atoms with Gasteiger partial charge in [-0.1, -0.05) is 41.5 Å². The predicted molar refractivity (Wildman–Crippen MR) is 71.0 cm³/mol. The van der Waals surface area contributed by atoms with Gasteiger partial charge < -0.3 is 5.32 Å². The summed E-state index contributed by atoms with van der Waals surface area (Å²) in [5.74, 6) is 1.85. The molecule has 0 saturated heterocycles. The second-order valence-electron chi connectivity index (χ2n) is 4.83. The van der Waals surface area contributed by atoms with Crippen molar-refractivity contribution in [3.05, 3.63) is 59.4 Å². The zero-order valence-electron chi connectivity index (χ0n) is 10.1. The number of hydrogen-bond acceptors (Lipinski definition) is 2. The lowest BCUT2D eigenvalue weighted by molar-refractivity contribution is 0.731. The van der Waals surface area contributed by atoms with Gasteiger partial charge in [0, 0.05) is 18.0 Å². The van der Waals surface area contributed by atoms with Crippen LogP contribution in [0.25, 0.3) is 0 Å². The summed E-state index contributed by atoms with van der Waals surface area (Å²) >= 11 is 0. The van der Waals surface area contributed by atoms with Gasteiger partial charge in [0.1, 0.15) is 5.84 Å². The molecule has 17 heavy (non-hydrogen) atoms. The number of hydrogen-bond donors (Lipinski definition) is 1. The number of nitrogens with one attached hydrogen (secondary N) is 1. The molecule has 0 saturated carbocycles. The molecule has 1 aromatic rings. The Hall–Kier alpha value is -1.83. The molecule has 86 valence electrons. The average molecular weight is 224 g/mol. The maximum absolute atomic E-state index is 4.37. The highest BCUT2D eigenvalue weighted by molar-refractivity contribution is 5.91. The number of allylic oxidation sites excluding steroid dienone is 1. The zero-order valence-corrected chi connectivity index (χ0v) is 10.1. The summed E-state index contributed by atoms with van der Waals surface area (Å²) in [6.07, 6.45) is 8.30. The van der Waals surface area contributed by atoms with Gasteiger partial charge in [0.2, 0.25) is 0 Å². The number of fused-ring (bicyclic) bond motifs is 1. The van der Waals surface area contributed by atoms with Crippen LogP contribution in [0.4, 0.5) is 0 Å². The first-order chi connectivity index (χ1) is 8.24. The topological polar surface area (TPSA) is 24.4 Å². The van der Waals surface area contributed by atoms with Crippen LogP contribution in [0.5, 0.6) is 0 Å². The Morgan fingerprint density at radius 1 is 1.00 bits per heavy atom. The maximum atomic E-state index is 4.37. The fraction of sp³-hybridized carbons (Fsp3) is 0.267. The summed E-state index contributed by atoms with van der Waals surface area (Å²) in [7, 11) is 0. The van der Waals surface area contributed by atoms with Crippen LogP contribution in [-0.4, -0.2) is 5.84 Å². The van der Waals surface area contributed by atoms with Gasteiger partial charge in [-0.3, -0.25) is 0 Å². The molecule has 2 heteroatoms. The number of benzene rings is 1. The highest BCUT2D eigenvalue weighted by Gasteiger charge is 2.28. The van der Waals surface area contributed by atoms with E-state index in [9.17, 15) is 0 Å². The van der Waals surface area contributed by atoms with Crippen molar-refractivity contribution in [3.63, 3.8) is 0 Å². The number of nitrogens with zero attached hydrogens (tertiary/aromatic N) is 1. The quantitative estimate of drug-likeness (QED) is 0.779. The van der Waals surface area contributed by atoms with Gasteiger partial charge >= 0.3 is 0 Å². The van der Waals surface area contributed by atoms with Crippen molar-refractivity contribution in [2.24, 2.45) is 10.9 Å². The molecular formula is C15H16N2. The molecule has 0 radical (unpaired) electrons. The minimum Gasteiger partial charge on any atom is -0.350 e. The van der Waals surface area contributed by atoms with Gasteiger partial charge in [0.05, 0.1) is 0 Å². The molecule has 2 unspecified atom stereocenters. The van der Waals surface area contributed by atoms with Crippen molar-refractivity contribution < 1.29 is 0 Å². The molecular weight excluding hydrogens is 208 g/mol. The lowest BCUT2D eigenvalue weighted by atomic mass is 9.83. The first-order valence-electron chi connectivity index (χ1n) is 6.00. The summed E-state index contributed by atoms with van der Waals surface area (Å²) in [6.45, 7) is 4.31. The van der Waals surface area contributed by atoms with Crippen LogP contribution >= 0.6 is 0 Å². The molecule has 0 aliphatic carbocycles. The van der Waals surface area contributed by atoms with Crippen molar-refractivity contribution in [3.8, 4) is 0 Å². The van der Waals surface area contributed by atoms with Crippen LogP contribution in [-0.2, 0) is 0 Å². The Morgan fingerprint density at radius 3 is 2.53 bits per heavy atom. The van der Waals surface area contributed by atoms with E-state index in [0.717, 1.165) is 5.84 Å². The Kier molecular flexibility index (Phi) is 2.36. The number of rotatable bonds is 1.